The van der Waals surface area contributed by atoms with Crippen molar-refractivity contribution in [3.8, 4) is 0 Å². The van der Waals surface area contributed by atoms with Crippen molar-refractivity contribution in [2.75, 3.05) is 6.61 Å². The average Bonchev–Trinajstić information content (AvgIpc) is 2.51. The Bertz CT molecular complexity index is 377. The highest BCUT2D eigenvalue weighted by molar-refractivity contribution is 6.42. The lowest BCUT2D eigenvalue weighted by Crippen LogP contribution is -2.19. The van der Waals surface area contributed by atoms with Crippen LogP contribution in [0.2, 0.25) is 10.0 Å². The summed E-state index contributed by atoms with van der Waals surface area (Å²) in [6.07, 6.45) is -0.133. The van der Waals surface area contributed by atoms with Gasteiger partial charge >= 0.3 is 0 Å². The summed E-state index contributed by atoms with van der Waals surface area (Å²) in [5.41, 5.74) is 0.884. The standard InChI is InChI=1S/C11H12Cl2O2/c1-11(2)14-6-9(15-11)7-4-3-5-8(12)10(7)13/h3-5,9H,6H2,1-2H3. The van der Waals surface area contributed by atoms with Crippen LogP contribution in [0.4, 0.5) is 0 Å². The molecule has 1 aromatic rings. The molecule has 2 nitrogen and oxygen atoms in total. The fourth-order valence-corrected chi connectivity index (χ4v) is 2.04. The molecule has 0 aromatic heterocycles. The van der Waals surface area contributed by atoms with E-state index in [1.54, 1.807) is 6.07 Å². The summed E-state index contributed by atoms with van der Waals surface area (Å²) < 4.78 is 11.2. The zero-order valence-electron chi connectivity index (χ0n) is 8.59. The predicted octanol–water partition coefficient (Wildman–Crippen LogP) is 3.82. The van der Waals surface area contributed by atoms with E-state index in [2.05, 4.69) is 0 Å². The summed E-state index contributed by atoms with van der Waals surface area (Å²) in [7, 11) is 0. The lowest BCUT2D eigenvalue weighted by atomic mass is 10.1. The molecule has 1 heterocycles. The summed E-state index contributed by atoms with van der Waals surface area (Å²) in [4.78, 5) is 0. The zero-order chi connectivity index (χ0) is 11.1. The summed E-state index contributed by atoms with van der Waals surface area (Å²) in [6.45, 7) is 4.27. The van der Waals surface area contributed by atoms with Crippen LogP contribution in [-0.2, 0) is 9.47 Å². The van der Waals surface area contributed by atoms with Crippen LogP contribution < -0.4 is 0 Å². The van der Waals surface area contributed by atoms with Gasteiger partial charge in [-0.05, 0) is 19.9 Å². The molecule has 82 valence electrons. The van der Waals surface area contributed by atoms with Gasteiger partial charge in [0.1, 0.15) is 6.10 Å². The molecular formula is C11H12Cl2O2. The molecule has 0 aliphatic carbocycles. The van der Waals surface area contributed by atoms with Crippen LogP contribution in [0.25, 0.3) is 0 Å². The minimum atomic E-state index is -0.545. The monoisotopic (exact) mass is 246 g/mol. The molecule has 1 unspecified atom stereocenters. The molecule has 1 fully saturated rings. The molecule has 4 heteroatoms. The van der Waals surface area contributed by atoms with Crippen molar-refractivity contribution in [3.05, 3.63) is 33.8 Å². The second kappa shape index (κ2) is 3.95. The topological polar surface area (TPSA) is 18.5 Å². The highest BCUT2D eigenvalue weighted by atomic mass is 35.5. The molecule has 15 heavy (non-hydrogen) atoms. The molecule has 0 saturated carbocycles. The van der Waals surface area contributed by atoms with E-state index < -0.39 is 5.79 Å². The minimum Gasteiger partial charge on any atom is -0.347 e. The molecule has 1 aliphatic heterocycles. The van der Waals surface area contributed by atoms with Crippen LogP contribution in [-0.4, -0.2) is 12.4 Å². The van der Waals surface area contributed by atoms with Crippen LogP contribution in [0.5, 0.6) is 0 Å². The largest absolute Gasteiger partial charge is 0.347 e. The first-order valence-electron chi connectivity index (χ1n) is 4.75. The Balaban J connectivity index is 2.28. The van der Waals surface area contributed by atoms with E-state index in [-0.39, 0.29) is 6.10 Å². The molecule has 0 radical (unpaired) electrons. The third-order valence-corrected chi connectivity index (χ3v) is 3.17. The Morgan fingerprint density at radius 3 is 2.67 bits per heavy atom. The van der Waals surface area contributed by atoms with Crippen molar-refractivity contribution in [3.63, 3.8) is 0 Å². The highest BCUT2D eigenvalue weighted by Gasteiger charge is 2.34. The number of benzene rings is 1. The van der Waals surface area contributed by atoms with Crippen molar-refractivity contribution >= 4 is 23.2 Å². The van der Waals surface area contributed by atoms with E-state index in [0.717, 1.165) is 5.56 Å². The molecule has 1 saturated heterocycles. The van der Waals surface area contributed by atoms with Gasteiger partial charge in [-0.25, -0.2) is 0 Å². The molecule has 0 amide bonds. The van der Waals surface area contributed by atoms with Crippen molar-refractivity contribution in [2.24, 2.45) is 0 Å². The lowest BCUT2D eigenvalue weighted by Gasteiger charge is -2.17. The second-order valence-electron chi connectivity index (χ2n) is 3.96. The molecule has 0 bridgehead atoms. The molecule has 1 atom stereocenters. The van der Waals surface area contributed by atoms with Crippen LogP contribution in [0, 0.1) is 0 Å². The summed E-state index contributed by atoms with van der Waals surface area (Å²) in [6, 6.07) is 5.52. The Kier molecular flexibility index (Phi) is 2.95. The Morgan fingerprint density at radius 1 is 1.33 bits per heavy atom. The first-order valence-corrected chi connectivity index (χ1v) is 5.51. The van der Waals surface area contributed by atoms with Gasteiger partial charge in [0.05, 0.1) is 16.7 Å². The van der Waals surface area contributed by atoms with Crippen molar-refractivity contribution in [1.29, 1.82) is 0 Å². The number of hydrogen-bond donors (Lipinski definition) is 0. The maximum Gasteiger partial charge on any atom is 0.163 e. The molecule has 0 spiro atoms. The number of hydrogen-bond acceptors (Lipinski definition) is 2. The number of ether oxygens (including phenoxy) is 2. The van der Waals surface area contributed by atoms with Crippen LogP contribution >= 0.6 is 23.2 Å². The van der Waals surface area contributed by atoms with Crippen LogP contribution in [0.1, 0.15) is 25.5 Å². The van der Waals surface area contributed by atoms with Crippen LogP contribution in [0.15, 0.2) is 18.2 Å². The maximum absolute atomic E-state index is 6.10. The summed E-state index contributed by atoms with van der Waals surface area (Å²) in [5.74, 6) is -0.545. The van der Waals surface area contributed by atoms with E-state index in [1.165, 1.54) is 0 Å². The van der Waals surface area contributed by atoms with Gasteiger partial charge in [0.25, 0.3) is 0 Å². The zero-order valence-corrected chi connectivity index (χ0v) is 10.1. The SMILES string of the molecule is CC1(C)OCC(c2cccc(Cl)c2Cl)O1. The van der Waals surface area contributed by atoms with E-state index in [0.29, 0.717) is 16.7 Å². The van der Waals surface area contributed by atoms with Crippen molar-refractivity contribution in [1.82, 2.24) is 0 Å². The fraction of sp³-hybridized carbons (Fsp3) is 0.455. The first kappa shape index (κ1) is 11.2. The molecule has 0 N–H and O–H groups in total. The molecular weight excluding hydrogens is 235 g/mol. The summed E-state index contributed by atoms with van der Waals surface area (Å²) >= 11 is 12.0. The van der Waals surface area contributed by atoms with Gasteiger partial charge < -0.3 is 9.47 Å². The Hall–Kier alpha value is -0.280. The Labute approximate surface area is 99.1 Å². The number of halogens is 2. The van der Waals surface area contributed by atoms with Gasteiger partial charge in [-0.2, -0.15) is 0 Å². The smallest absolute Gasteiger partial charge is 0.163 e. The predicted molar refractivity (Wildman–Crippen MR) is 60.3 cm³/mol. The quantitative estimate of drug-likeness (QED) is 0.751. The minimum absolute atomic E-state index is 0.133. The van der Waals surface area contributed by atoms with Gasteiger partial charge in [0.2, 0.25) is 0 Å². The number of rotatable bonds is 1. The third-order valence-electron chi connectivity index (χ3n) is 2.34. The fourth-order valence-electron chi connectivity index (χ4n) is 1.61. The Morgan fingerprint density at radius 2 is 2.07 bits per heavy atom. The van der Waals surface area contributed by atoms with Gasteiger partial charge in [-0.15, -0.1) is 0 Å². The van der Waals surface area contributed by atoms with Gasteiger partial charge in [-0.1, -0.05) is 35.3 Å². The average molecular weight is 247 g/mol. The highest BCUT2D eigenvalue weighted by Crippen LogP contribution is 2.38. The molecule has 1 aromatic carbocycles. The van der Waals surface area contributed by atoms with E-state index in [1.807, 2.05) is 26.0 Å². The summed E-state index contributed by atoms with van der Waals surface area (Å²) in [5, 5.41) is 1.09. The second-order valence-corrected chi connectivity index (χ2v) is 4.75. The lowest BCUT2D eigenvalue weighted by molar-refractivity contribution is -0.139. The molecule has 2 rings (SSSR count). The van der Waals surface area contributed by atoms with E-state index >= 15 is 0 Å². The normalized spacial score (nSPS) is 24.4. The van der Waals surface area contributed by atoms with Gasteiger partial charge in [-0.3, -0.25) is 0 Å². The van der Waals surface area contributed by atoms with Crippen LogP contribution in [0.3, 0.4) is 0 Å². The van der Waals surface area contributed by atoms with Crippen molar-refractivity contribution in [2.45, 2.75) is 25.7 Å². The van der Waals surface area contributed by atoms with Gasteiger partial charge in [0.15, 0.2) is 5.79 Å². The van der Waals surface area contributed by atoms with Gasteiger partial charge in [0, 0.05) is 5.56 Å². The molecule has 1 aliphatic rings. The van der Waals surface area contributed by atoms with Crippen molar-refractivity contribution < 1.29 is 9.47 Å². The van der Waals surface area contributed by atoms with E-state index in [9.17, 15) is 0 Å². The first-order chi connectivity index (χ1) is 6.99. The maximum atomic E-state index is 6.10. The van der Waals surface area contributed by atoms with E-state index in [4.69, 9.17) is 32.7 Å². The third kappa shape index (κ3) is 2.28.